The van der Waals surface area contributed by atoms with Gasteiger partial charge in [0.2, 0.25) is 0 Å². The van der Waals surface area contributed by atoms with Crippen molar-refractivity contribution < 1.29 is 19.1 Å². The second-order valence-corrected chi connectivity index (χ2v) is 5.72. The highest BCUT2D eigenvalue weighted by molar-refractivity contribution is 5.88. The van der Waals surface area contributed by atoms with Crippen LogP contribution in [0.15, 0.2) is 64.3 Å². The zero-order valence-corrected chi connectivity index (χ0v) is 14.3. The minimum absolute atomic E-state index is 0.427. The number of fused-ring (bicyclic) bond motifs is 2. The van der Waals surface area contributed by atoms with E-state index in [0.29, 0.717) is 33.9 Å². The predicted molar refractivity (Wildman–Crippen MR) is 97.4 cm³/mol. The summed E-state index contributed by atoms with van der Waals surface area (Å²) >= 11 is 0. The van der Waals surface area contributed by atoms with Gasteiger partial charge in [0.15, 0.2) is 17.3 Å². The van der Waals surface area contributed by atoms with E-state index in [9.17, 15) is 5.21 Å². The van der Waals surface area contributed by atoms with Crippen molar-refractivity contribution in [1.82, 2.24) is 4.98 Å². The highest BCUT2D eigenvalue weighted by atomic mass is 16.5. The Kier molecular flexibility index (Phi) is 3.93. The molecule has 6 heteroatoms. The fraction of sp³-hybridized carbons (Fsp3) is 0.100. The minimum atomic E-state index is 0.427. The number of para-hydroxylation sites is 1. The van der Waals surface area contributed by atoms with Crippen molar-refractivity contribution in [3.63, 3.8) is 0 Å². The average Bonchev–Trinajstić information content (AvgIpc) is 2.71. The molecule has 0 saturated carbocycles. The zero-order chi connectivity index (χ0) is 18.1. The molecule has 130 valence electrons. The summed E-state index contributed by atoms with van der Waals surface area (Å²) in [7, 11) is 3.19. The van der Waals surface area contributed by atoms with Crippen LogP contribution in [-0.2, 0) is 0 Å². The number of aromatic nitrogens is 1. The Labute approximate surface area is 148 Å². The normalized spacial score (nSPS) is 11.8. The lowest BCUT2D eigenvalue weighted by molar-refractivity contribution is 0.302. The number of hydrogen-bond donors (Lipinski definition) is 1. The van der Waals surface area contributed by atoms with Gasteiger partial charge in [0.05, 0.1) is 14.2 Å². The molecule has 0 aliphatic heterocycles. The van der Waals surface area contributed by atoms with Gasteiger partial charge < -0.3 is 19.1 Å². The Balaban J connectivity index is 1.93. The second-order valence-electron chi connectivity index (χ2n) is 5.72. The molecular formula is C20H16N2O4. The molecule has 0 atom stereocenters. The van der Waals surface area contributed by atoms with E-state index in [1.165, 1.54) is 0 Å². The van der Waals surface area contributed by atoms with Gasteiger partial charge in [-0.05, 0) is 35.7 Å². The third-order valence-electron chi connectivity index (χ3n) is 4.24. The molecule has 6 nitrogen and oxygen atoms in total. The molecule has 0 amide bonds. The molecule has 4 rings (SSSR count). The van der Waals surface area contributed by atoms with E-state index >= 15 is 0 Å². The molecule has 1 N–H and O–H groups in total. The van der Waals surface area contributed by atoms with Crippen molar-refractivity contribution in [3.8, 4) is 23.0 Å². The first-order chi connectivity index (χ1) is 12.7. The summed E-state index contributed by atoms with van der Waals surface area (Å²) in [6.07, 6.45) is 1.74. The van der Waals surface area contributed by atoms with Crippen LogP contribution in [-0.4, -0.2) is 24.4 Å². The van der Waals surface area contributed by atoms with Crippen LogP contribution in [0.2, 0.25) is 0 Å². The molecule has 4 aromatic rings. The SMILES string of the molecule is COc1cc2cnc(-c3c/c(=N\O)c4ccccc4o3)cc2cc1OC. The van der Waals surface area contributed by atoms with Gasteiger partial charge in [-0.2, -0.15) is 0 Å². The lowest BCUT2D eigenvalue weighted by Crippen LogP contribution is -2.03. The lowest BCUT2D eigenvalue weighted by Gasteiger charge is -2.10. The van der Waals surface area contributed by atoms with E-state index < -0.39 is 0 Å². The Morgan fingerprint density at radius 1 is 0.962 bits per heavy atom. The quantitative estimate of drug-likeness (QED) is 0.448. The summed E-state index contributed by atoms with van der Waals surface area (Å²) in [5.41, 5.74) is 1.24. The summed E-state index contributed by atoms with van der Waals surface area (Å²) in [5, 5.41) is 15.7. The van der Waals surface area contributed by atoms with Crippen LogP contribution in [0.1, 0.15) is 0 Å². The van der Waals surface area contributed by atoms with E-state index in [0.717, 1.165) is 16.2 Å². The van der Waals surface area contributed by atoms with Crippen LogP contribution >= 0.6 is 0 Å². The van der Waals surface area contributed by atoms with E-state index in [2.05, 4.69) is 10.1 Å². The van der Waals surface area contributed by atoms with Crippen LogP contribution in [0.3, 0.4) is 0 Å². The van der Waals surface area contributed by atoms with Gasteiger partial charge in [0.25, 0.3) is 0 Å². The van der Waals surface area contributed by atoms with Gasteiger partial charge in [-0.15, -0.1) is 0 Å². The van der Waals surface area contributed by atoms with Crippen molar-refractivity contribution in [1.29, 1.82) is 0 Å². The first kappa shape index (κ1) is 16.0. The summed E-state index contributed by atoms with van der Waals surface area (Å²) < 4.78 is 16.6. The van der Waals surface area contributed by atoms with Crippen molar-refractivity contribution in [3.05, 3.63) is 60.1 Å². The monoisotopic (exact) mass is 348 g/mol. The molecule has 2 heterocycles. The molecule has 2 aromatic carbocycles. The highest BCUT2D eigenvalue weighted by Gasteiger charge is 2.11. The summed E-state index contributed by atoms with van der Waals surface area (Å²) in [6.45, 7) is 0. The lowest BCUT2D eigenvalue weighted by atomic mass is 10.1. The summed E-state index contributed by atoms with van der Waals surface area (Å²) in [5.74, 6) is 1.79. The Bertz CT molecular complexity index is 1180. The van der Waals surface area contributed by atoms with E-state index in [4.69, 9.17) is 13.9 Å². The molecule has 0 radical (unpaired) electrons. The molecule has 0 fully saturated rings. The highest BCUT2D eigenvalue weighted by Crippen LogP contribution is 2.33. The Morgan fingerprint density at radius 3 is 2.42 bits per heavy atom. The number of benzene rings is 2. The summed E-state index contributed by atoms with van der Waals surface area (Å²) in [4.78, 5) is 4.48. The van der Waals surface area contributed by atoms with Gasteiger partial charge in [0.1, 0.15) is 16.6 Å². The Morgan fingerprint density at radius 2 is 1.69 bits per heavy atom. The summed E-state index contributed by atoms with van der Waals surface area (Å²) in [6, 6.07) is 14.7. The van der Waals surface area contributed by atoms with Crippen molar-refractivity contribution in [2.45, 2.75) is 0 Å². The van der Waals surface area contributed by atoms with Gasteiger partial charge in [0, 0.05) is 23.0 Å². The van der Waals surface area contributed by atoms with E-state index in [1.807, 2.05) is 42.5 Å². The minimum Gasteiger partial charge on any atom is -0.493 e. The van der Waals surface area contributed by atoms with E-state index in [-0.39, 0.29) is 0 Å². The molecule has 26 heavy (non-hydrogen) atoms. The first-order valence-corrected chi connectivity index (χ1v) is 7.96. The number of rotatable bonds is 3. The molecule has 0 unspecified atom stereocenters. The maximum Gasteiger partial charge on any atom is 0.161 e. The topological polar surface area (TPSA) is 77.1 Å². The number of pyridine rings is 1. The number of hydrogen-bond acceptors (Lipinski definition) is 6. The van der Waals surface area contributed by atoms with Crippen LogP contribution in [0, 0.1) is 0 Å². The van der Waals surface area contributed by atoms with Crippen LogP contribution < -0.4 is 14.8 Å². The van der Waals surface area contributed by atoms with Crippen molar-refractivity contribution >= 4 is 21.7 Å². The van der Waals surface area contributed by atoms with Crippen LogP contribution in [0.4, 0.5) is 0 Å². The molecule has 0 saturated heterocycles. The standard InChI is InChI=1S/C20H16N2O4/c1-24-19-8-12-7-16(21-11-13(12)9-20(19)25-2)18-10-15(22-23)14-5-3-4-6-17(14)26-18/h3-11,23H,1-2H3/b22-15+. The Hall–Kier alpha value is -3.54. The van der Waals surface area contributed by atoms with Crippen LogP contribution in [0.25, 0.3) is 33.2 Å². The van der Waals surface area contributed by atoms with Gasteiger partial charge in [-0.1, -0.05) is 17.3 Å². The zero-order valence-electron chi connectivity index (χ0n) is 14.3. The van der Waals surface area contributed by atoms with Crippen molar-refractivity contribution in [2.75, 3.05) is 14.2 Å². The van der Waals surface area contributed by atoms with Gasteiger partial charge in [-0.3, -0.25) is 4.98 Å². The van der Waals surface area contributed by atoms with Gasteiger partial charge >= 0.3 is 0 Å². The fourth-order valence-electron chi connectivity index (χ4n) is 2.93. The fourth-order valence-corrected chi connectivity index (χ4v) is 2.93. The largest absolute Gasteiger partial charge is 0.493 e. The average molecular weight is 348 g/mol. The second kappa shape index (κ2) is 6.40. The number of nitrogens with zero attached hydrogens (tertiary/aromatic N) is 2. The van der Waals surface area contributed by atoms with Crippen LogP contribution in [0.5, 0.6) is 11.5 Å². The molecule has 0 aliphatic rings. The number of ether oxygens (including phenoxy) is 2. The van der Waals surface area contributed by atoms with Crippen molar-refractivity contribution in [2.24, 2.45) is 5.16 Å². The maximum atomic E-state index is 9.34. The van der Waals surface area contributed by atoms with Gasteiger partial charge in [-0.25, -0.2) is 0 Å². The predicted octanol–water partition coefficient (Wildman–Crippen LogP) is 3.96. The molecular weight excluding hydrogens is 332 g/mol. The maximum absolute atomic E-state index is 9.34. The van der Waals surface area contributed by atoms with E-state index in [1.54, 1.807) is 26.5 Å². The molecule has 0 bridgehead atoms. The number of methoxy groups -OCH3 is 2. The molecule has 0 spiro atoms. The molecule has 0 aliphatic carbocycles. The molecule has 2 aromatic heterocycles. The first-order valence-electron chi connectivity index (χ1n) is 7.96. The third-order valence-corrected chi connectivity index (χ3v) is 4.24. The third kappa shape index (κ3) is 2.61. The smallest absolute Gasteiger partial charge is 0.161 e.